The number of hydrogen-bond acceptors (Lipinski definition) is 8. The van der Waals surface area contributed by atoms with Gasteiger partial charge in [0.2, 0.25) is 5.88 Å². The molecule has 0 aliphatic heterocycles. The van der Waals surface area contributed by atoms with Gasteiger partial charge in [-0.15, -0.1) is 0 Å². The molecule has 10 heteroatoms. The van der Waals surface area contributed by atoms with Crippen LogP contribution < -0.4 is 4.74 Å². The fourth-order valence-corrected chi connectivity index (χ4v) is 3.66. The second kappa shape index (κ2) is 8.16. The molecular weight excluding hydrogens is 376 g/mol. The van der Waals surface area contributed by atoms with Crippen LogP contribution in [0, 0.1) is 5.92 Å². The highest BCUT2D eigenvalue weighted by atomic mass is 16.5. The number of nitrogens with zero attached hydrogens (tertiary/aromatic N) is 6. The smallest absolute Gasteiger partial charge is 0.341 e. The average Bonchev–Trinajstić information content (AvgIpc) is 3.37. The third-order valence-electron chi connectivity index (χ3n) is 5.18. The van der Waals surface area contributed by atoms with Crippen LogP contribution in [0.4, 0.5) is 0 Å². The fraction of sp³-hybridized carbons (Fsp3) is 0.526. The lowest BCUT2D eigenvalue weighted by molar-refractivity contribution is 0.0526. The molecule has 154 valence electrons. The predicted molar refractivity (Wildman–Crippen MR) is 103 cm³/mol. The maximum atomic E-state index is 11.9. The Bertz CT molecular complexity index is 1010. The number of aliphatic hydroxyl groups is 1. The summed E-state index contributed by atoms with van der Waals surface area (Å²) in [5, 5.41) is 18.4. The summed E-state index contributed by atoms with van der Waals surface area (Å²) in [5.74, 6) is 0.679. The number of ether oxygens (including phenoxy) is 2. The van der Waals surface area contributed by atoms with Gasteiger partial charge in [-0.2, -0.15) is 15.2 Å². The molecule has 0 radical (unpaired) electrons. The van der Waals surface area contributed by atoms with Gasteiger partial charge in [0.25, 0.3) is 5.95 Å². The van der Waals surface area contributed by atoms with E-state index in [-0.39, 0.29) is 12.1 Å². The van der Waals surface area contributed by atoms with Gasteiger partial charge in [-0.05, 0) is 38.5 Å². The fourth-order valence-electron chi connectivity index (χ4n) is 3.66. The molecule has 0 atom stereocenters. The van der Waals surface area contributed by atoms with E-state index in [1.807, 2.05) is 4.68 Å². The van der Waals surface area contributed by atoms with Crippen molar-refractivity contribution in [2.45, 2.75) is 45.3 Å². The van der Waals surface area contributed by atoms with Crippen molar-refractivity contribution in [3.8, 4) is 11.8 Å². The maximum absolute atomic E-state index is 11.9. The molecule has 1 N–H and O–H groups in total. The highest BCUT2D eigenvalue weighted by Crippen LogP contribution is 2.29. The van der Waals surface area contributed by atoms with Crippen LogP contribution in [-0.2, 0) is 11.3 Å². The largest absolute Gasteiger partial charge is 0.479 e. The molecular formula is C19H24N6O4. The second-order valence-electron chi connectivity index (χ2n) is 7.16. The molecule has 0 spiro atoms. The summed E-state index contributed by atoms with van der Waals surface area (Å²) in [6.45, 7) is 2.76. The summed E-state index contributed by atoms with van der Waals surface area (Å²) in [7, 11) is 1.55. The summed E-state index contributed by atoms with van der Waals surface area (Å²) in [6, 6.07) is 0. The molecule has 1 aliphatic carbocycles. The first-order chi connectivity index (χ1) is 14.1. The van der Waals surface area contributed by atoms with Crippen LogP contribution in [0.1, 0.15) is 43.0 Å². The summed E-state index contributed by atoms with van der Waals surface area (Å²) in [5.41, 5.74) is 1.68. The zero-order chi connectivity index (χ0) is 20.4. The van der Waals surface area contributed by atoms with Crippen molar-refractivity contribution in [2.24, 2.45) is 5.92 Å². The third kappa shape index (κ3) is 3.93. The number of methoxy groups -OCH3 is 1. The Kier molecular flexibility index (Phi) is 5.43. The molecule has 1 aliphatic rings. The molecule has 3 heterocycles. The van der Waals surface area contributed by atoms with Gasteiger partial charge in [0, 0.05) is 12.7 Å². The molecule has 0 saturated heterocycles. The molecule has 1 fully saturated rings. The number of fused-ring (bicyclic) bond motifs is 1. The van der Waals surface area contributed by atoms with Gasteiger partial charge in [-0.1, -0.05) is 0 Å². The summed E-state index contributed by atoms with van der Waals surface area (Å²) >= 11 is 0. The predicted octanol–water partition coefficient (Wildman–Crippen LogP) is 1.75. The molecule has 0 bridgehead atoms. The number of carbonyl (C=O) groups excluding carboxylic acids is 1. The van der Waals surface area contributed by atoms with Gasteiger partial charge in [0.15, 0.2) is 0 Å². The normalized spacial score (nSPS) is 19.4. The van der Waals surface area contributed by atoms with Crippen molar-refractivity contribution >= 4 is 17.0 Å². The first kappa shape index (κ1) is 19.3. The van der Waals surface area contributed by atoms with E-state index in [0.717, 1.165) is 37.7 Å². The Labute approximate surface area is 167 Å². The Morgan fingerprint density at radius 1 is 1.21 bits per heavy atom. The first-order valence-corrected chi connectivity index (χ1v) is 9.76. The Morgan fingerprint density at radius 3 is 2.72 bits per heavy atom. The van der Waals surface area contributed by atoms with E-state index in [4.69, 9.17) is 9.47 Å². The Balaban J connectivity index is 1.63. The van der Waals surface area contributed by atoms with Crippen LogP contribution >= 0.6 is 0 Å². The van der Waals surface area contributed by atoms with Crippen molar-refractivity contribution in [2.75, 3.05) is 13.7 Å². The lowest BCUT2D eigenvalue weighted by atomic mass is 9.87. The van der Waals surface area contributed by atoms with Crippen LogP contribution in [0.5, 0.6) is 5.88 Å². The molecule has 3 aromatic rings. The van der Waals surface area contributed by atoms with Crippen LogP contribution in [-0.4, -0.2) is 60.4 Å². The summed E-state index contributed by atoms with van der Waals surface area (Å²) in [4.78, 5) is 20.9. The Morgan fingerprint density at radius 2 is 2.00 bits per heavy atom. The molecule has 10 nitrogen and oxygen atoms in total. The Hall–Kier alpha value is -3.01. The summed E-state index contributed by atoms with van der Waals surface area (Å²) in [6.07, 6.45) is 8.01. The highest BCUT2D eigenvalue weighted by molar-refractivity contribution is 5.88. The minimum absolute atomic E-state index is 0.186. The SMILES string of the molecule is CCOC(=O)c1cnn(-c2nc(OC)c3c(cnn3CC3CCC(O)CC3)n2)c1. The number of esters is 1. The zero-order valence-corrected chi connectivity index (χ0v) is 16.5. The van der Waals surface area contributed by atoms with E-state index in [1.165, 1.54) is 17.1 Å². The van der Waals surface area contributed by atoms with Gasteiger partial charge in [-0.25, -0.2) is 14.5 Å². The minimum atomic E-state index is -0.447. The van der Waals surface area contributed by atoms with Crippen molar-refractivity contribution in [3.05, 3.63) is 24.2 Å². The van der Waals surface area contributed by atoms with Gasteiger partial charge >= 0.3 is 5.97 Å². The van der Waals surface area contributed by atoms with Crippen LogP contribution in [0.2, 0.25) is 0 Å². The molecule has 0 amide bonds. The number of hydrogen-bond donors (Lipinski definition) is 1. The van der Waals surface area contributed by atoms with Crippen LogP contribution in [0.15, 0.2) is 18.6 Å². The van der Waals surface area contributed by atoms with Crippen LogP contribution in [0.25, 0.3) is 17.0 Å². The van der Waals surface area contributed by atoms with E-state index >= 15 is 0 Å². The minimum Gasteiger partial charge on any atom is -0.479 e. The molecule has 3 aromatic heterocycles. The lowest BCUT2D eigenvalue weighted by Gasteiger charge is -2.25. The van der Waals surface area contributed by atoms with Crippen molar-refractivity contribution < 1.29 is 19.4 Å². The second-order valence-corrected chi connectivity index (χ2v) is 7.16. The number of aliphatic hydroxyl groups excluding tert-OH is 1. The van der Waals surface area contributed by atoms with E-state index in [0.29, 0.717) is 29.5 Å². The molecule has 1 saturated carbocycles. The molecule has 0 unspecified atom stereocenters. The molecule has 0 aromatic carbocycles. The number of aromatic nitrogens is 6. The van der Waals surface area contributed by atoms with E-state index < -0.39 is 5.97 Å². The van der Waals surface area contributed by atoms with Crippen molar-refractivity contribution in [3.63, 3.8) is 0 Å². The molecule has 4 rings (SSSR count). The van der Waals surface area contributed by atoms with E-state index in [1.54, 1.807) is 20.2 Å². The van der Waals surface area contributed by atoms with Crippen molar-refractivity contribution in [1.82, 2.24) is 29.5 Å². The topological polar surface area (TPSA) is 117 Å². The standard InChI is InChI=1S/C19H24N6O4/c1-3-29-18(27)13-8-20-25(11-13)19-22-15-9-21-24(16(15)17(23-19)28-2)10-12-4-6-14(26)7-5-12/h8-9,11-12,14,26H,3-7,10H2,1-2H3. The van der Waals surface area contributed by atoms with Gasteiger partial charge < -0.3 is 14.6 Å². The average molecular weight is 400 g/mol. The van der Waals surface area contributed by atoms with Gasteiger partial charge in [-0.3, -0.25) is 4.68 Å². The monoisotopic (exact) mass is 400 g/mol. The van der Waals surface area contributed by atoms with E-state index in [2.05, 4.69) is 20.2 Å². The van der Waals surface area contributed by atoms with E-state index in [9.17, 15) is 9.90 Å². The third-order valence-corrected chi connectivity index (χ3v) is 5.18. The van der Waals surface area contributed by atoms with Gasteiger partial charge in [0.1, 0.15) is 11.0 Å². The quantitative estimate of drug-likeness (QED) is 0.622. The molecule has 29 heavy (non-hydrogen) atoms. The number of rotatable bonds is 6. The highest BCUT2D eigenvalue weighted by Gasteiger charge is 2.23. The zero-order valence-electron chi connectivity index (χ0n) is 16.5. The van der Waals surface area contributed by atoms with Gasteiger partial charge in [0.05, 0.1) is 37.8 Å². The lowest BCUT2D eigenvalue weighted by Crippen LogP contribution is -2.22. The maximum Gasteiger partial charge on any atom is 0.341 e. The van der Waals surface area contributed by atoms with Crippen molar-refractivity contribution in [1.29, 1.82) is 0 Å². The number of carbonyl (C=O) groups is 1. The summed E-state index contributed by atoms with van der Waals surface area (Å²) < 4.78 is 13.8. The first-order valence-electron chi connectivity index (χ1n) is 9.76. The van der Waals surface area contributed by atoms with Crippen LogP contribution in [0.3, 0.4) is 0 Å².